The van der Waals surface area contributed by atoms with Crippen LogP contribution in [0.2, 0.25) is 0 Å². The van der Waals surface area contributed by atoms with Crippen LogP contribution in [-0.2, 0) is 0 Å². The summed E-state index contributed by atoms with van der Waals surface area (Å²) in [5.74, 6) is 0.163. The SMILES string of the molecule is Cc1cc(-c2cc(C)c(C(=O)O)c(C(C)C)c2)ccc1OCCN[C@@H](C)[C@H](O)c1ccc(O)cc1. The first-order chi connectivity index (χ1) is 16.6. The number of rotatable bonds is 10. The molecule has 0 spiro atoms. The Hall–Kier alpha value is -3.35. The van der Waals surface area contributed by atoms with E-state index < -0.39 is 12.1 Å². The van der Waals surface area contributed by atoms with Crippen molar-refractivity contribution in [3.8, 4) is 22.6 Å². The number of benzene rings is 3. The first-order valence-electron chi connectivity index (χ1n) is 11.9. The maximum absolute atomic E-state index is 11.7. The lowest BCUT2D eigenvalue weighted by atomic mass is 9.89. The fraction of sp³-hybridized carbons (Fsp3) is 0.345. The van der Waals surface area contributed by atoms with Gasteiger partial charge in [0, 0.05) is 12.6 Å². The lowest BCUT2D eigenvalue weighted by Gasteiger charge is -2.21. The van der Waals surface area contributed by atoms with E-state index in [9.17, 15) is 20.1 Å². The smallest absolute Gasteiger partial charge is 0.336 e. The highest BCUT2D eigenvalue weighted by Gasteiger charge is 2.18. The van der Waals surface area contributed by atoms with Crippen molar-refractivity contribution < 1.29 is 24.9 Å². The third-order valence-corrected chi connectivity index (χ3v) is 6.24. The van der Waals surface area contributed by atoms with Crippen molar-refractivity contribution in [2.45, 2.75) is 52.7 Å². The van der Waals surface area contributed by atoms with Crippen LogP contribution >= 0.6 is 0 Å². The van der Waals surface area contributed by atoms with Crippen molar-refractivity contribution in [3.05, 3.63) is 82.4 Å². The molecule has 4 N–H and O–H groups in total. The van der Waals surface area contributed by atoms with Crippen LogP contribution in [0.15, 0.2) is 54.6 Å². The lowest BCUT2D eigenvalue weighted by Crippen LogP contribution is -2.35. The second-order valence-corrected chi connectivity index (χ2v) is 9.33. The fourth-order valence-electron chi connectivity index (χ4n) is 4.24. The van der Waals surface area contributed by atoms with E-state index in [2.05, 4.69) is 11.4 Å². The van der Waals surface area contributed by atoms with E-state index in [-0.39, 0.29) is 17.7 Å². The summed E-state index contributed by atoms with van der Waals surface area (Å²) in [7, 11) is 0. The van der Waals surface area contributed by atoms with Gasteiger partial charge in [-0.05, 0) is 84.3 Å². The standard InChI is InChI=1S/C29H35NO5/c1-17(2)25-16-23(15-19(4)27(25)29(33)34)22-8-11-26(18(3)14-22)35-13-12-30-20(5)28(32)21-6-9-24(31)10-7-21/h6-11,14-17,20,28,30-32H,12-13H2,1-5H3,(H,33,34)/t20-,28-/m0/s1. The maximum Gasteiger partial charge on any atom is 0.336 e. The molecule has 6 nitrogen and oxygen atoms in total. The largest absolute Gasteiger partial charge is 0.508 e. The number of phenolic OH excluding ortho intramolecular Hbond substituents is 1. The number of aliphatic hydroxyl groups excluding tert-OH is 1. The molecular weight excluding hydrogens is 442 g/mol. The monoisotopic (exact) mass is 477 g/mol. The normalized spacial score (nSPS) is 13.0. The summed E-state index contributed by atoms with van der Waals surface area (Å²) in [6.45, 7) is 10.8. The molecule has 0 saturated carbocycles. The van der Waals surface area contributed by atoms with E-state index in [1.165, 1.54) is 0 Å². The Kier molecular flexibility index (Phi) is 8.54. The second kappa shape index (κ2) is 11.4. The molecule has 2 atom stereocenters. The predicted molar refractivity (Wildman–Crippen MR) is 138 cm³/mol. The Morgan fingerprint density at radius 3 is 2.20 bits per heavy atom. The van der Waals surface area contributed by atoms with Gasteiger partial charge in [-0.2, -0.15) is 0 Å². The molecule has 3 aromatic carbocycles. The predicted octanol–water partition coefficient (Wildman–Crippen LogP) is 5.59. The minimum Gasteiger partial charge on any atom is -0.508 e. The van der Waals surface area contributed by atoms with Crippen molar-refractivity contribution in [1.82, 2.24) is 5.32 Å². The summed E-state index contributed by atoms with van der Waals surface area (Å²) in [4.78, 5) is 11.7. The van der Waals surface area contributed by atoms with E-state index in [1.807, 2.05) is 58.9 Å². The topological polar surface area (TPSA) is 99.0 Å². The molecule has 0 bridgehead atoms. The van der Waals surface area contributed by atoms with Gasteiger partial charge in [0.25, 0.3) is 0 Å². The molecular formula is C29H35NO5. The molecule has 35 heavy (non-hydrogen) atoms. The number of carbonyl (C=O) groups is 1. The van der Waals surface area contributed by atoms with Gasteiger partial charge in [-0.25, -0.2) is 4.79 Å². The minimum absolute atomic E-state index is 0.103. The highest BCUT2D eigenvalue weighted by Crippen LogP contribution is 2.32. The van der Waals surface area contributed by atoms with Gasteiger partial charge < -0.3 is 25.4 Å². The highest BCUT2D eigenvalue weighted by atomic mass is 16.5. The molecule has 6 heteroatoms. The van der Waals surface area contributed by atoms with Gasteiger partial charge in [0.05, 0.1) is 11.7 Å². The molecule has 0 aliphatic heterocycles. The second-order valence-electron chi connectivity index (χ2n) is 9.33. The number of nitrogens with one attached hydrogen (secondary N) is 1. The summed E-state index contributed by atoms with van der Waals surface area (Å²) in [6.07, 6.45) is -0.691. The number of aromatic hydroxyl groups is 1. The van der Waals surface area contributed by atoms with Gasteiger partial charge in [0.1, 0.15) is 18.1 Å². The van der Waals surface area contributed by atoms with E-state index >= 15 is 0 Å². The first-order valence-corrected chi connectivity index (χ1v) is 11.9. The minimum atomic E-state index is -0.892. The van der Waals surface area contributed by atoms with Crippen LogP contribution in [0.5, 0.6) is 11.5 Å². The Morgan fingerprint density at radius 2 is 1.60 bits per heavy atom. The number of ether oxygens (including phenoxy) is 1. The van der Waals surface area contributed by atoms with Crippen molar-refractivity contribution in [3.63, 3.8) is 0 Å². The zero-order valence-electron chi connectivity index (χ0n) is 21.0. The van der Waals surface area contributed by atoms with Crippen LogP contribution in [0.1, 0.15) is 65.4 Å². The number of aromatic carboxylic acids is 1. The summed E-state index contributed by atoms with van der Waals surface area (Å²) < 4.78 is 5.96. The highest BCUT2D eigenvalue weighted by molar-refractivity contribution is 5.92. The molecule has 186 valence electrons. The number of hydrogen-bond acceptors (Lipinski definition) is 5. The Balaban J connectivity index is 1.63. The van der Waals surface area contributed by atoms with E-state index in [1.54, 1.807) is 24.3 Å². The number of phenols is 1. The quantitative estimate of drug-likeness (QED) is 0.284. The van der Waals surface area contributed by atoms with Crippen LogP contribution < -0.4 is 10.1 Å². The molecule has 0 aliphatic carbocycles. The van der Waals surface area contributed by atoms with Crippen molar-refractivity contribution in [1.29, 1.82) is 0 Å². The van der Waals surface area contributed by atoms with E-state index in [4.69, 9.17) is 4.74 Å². The molecule has 3 aromatic rings. The lowest BCUT2D eigenvalue weighted by molar-refractivity contribution is 0.0694. The molecule has 0 aliphatic rings. The summed E-state index contributed by atoms with van der Waals surface area (Å²) in [5.41, 5.74) is 5.71. The van der Waals surface area contributed by atoms with Gasteiger partial charge in [-0.1, -0.05) is 44.2 Å². The Morgan fingerprint density at radius 1 is 0.943 bits per heavy atom. The number of carboxylic acid groups (broad SMARTS) is 1. The molecule has 0 saturated heterocycles. The van der Waals surface area contributed by atoms with Gasteiger partial charge in [0.15, 0.2) is 0 Å². The number of carboxylic acids is 1. The van der Waals surface area contributed by atoms with Crippen molar-refractivity contribution >= 4 is 5.97 Å². The van der Waals surface area contributed by atoms with Crippen LogP contribution in [-0.4, -0.2) is 40.5 Å². The van der Waals surface area contributed by atoms with Crippen LogP contribution in [0.25, 0.3) is 11.1 Å². The fourth-order valence-corrected chi connectivity index (χ4v) is 4.24. The molecule has 0 aromatic heterocycles. The summed E-state index contributed by atoms with van der Waals surface area (Å²) in [6, 6.07) is 16.2. The average Bonchev–Trinajstić information content (AvgIpc) is 2.81. The van der Waals surface area contributed by atoms with Crippen molar-refractivity contribution in [2.75, 3.05) is 13.2 Å². The molecule has 0 amide bonds. The van der Waals surface area contributed by atoms with Gasteiger partial charge in [0.2, 0.25) is 0 Å². The summed E-state index contributed by atoms with van der Waals surface area (Å²) in [5, 5.41) is 32.8. The molecule has 0 radical (unpaired) electrons. The zero-order chi connectivity index (χ0) is 25.7. The number of hydrogen-bond donors (Lipinski definition) is 4. The molecule has 0 fully saturated rings. The molecule has 3 rings (SSSR count). The third kappa shape index (κ3) is 6.41. The van der Waals surface area contributed by atoms with Gasteiger partial charge >= 0.3 is 5.97 Å². The Bertz CT molecular complexity index is 1170. The third-order valence-electron chi connectivity index (χ3n) is 6.24. The van der Waals surface area contributed by atoms with Crippen LogP contribution in [0, 0.1) is 13.8 Å². The Labute approximate surface area is 207 Å². The van der Waals surface area contributed by atoms with Gasteiger partial charge in [-0.15, -0.1) is 0 Å². The van der Waals surface area contributed by atoms with Gasteiger partial charge in [-0.3, -0.25) is 0 Å². The van der Waals surface area contributed by atoms with E-state index in [0.29, 0.717) is 18.7 Å². The average molecular weight is 478 g/mol. The van der Waals surface area contributed by atoms with E-state index in [0.717, 1.165) is 39.1 Å². The zero-order valence-corrected chi connectivity index (χ0v) is 21.0. The number of aryl methyl sites for hydroxylation is 2. The van der Waals surface area contributed by atoms with Crippen LogP contribution in [0.3, 0.4) is 0 Å². The first kappa shape index (κ1) is 26.3. The van der Waals surface area contributed by atoms with Crippen molar-refractivity contribution in [2.24, 2.45) is 0 Å². The molecule has 0 heterocycles. The maximum atomic E-state index is 11.7. The summed E-state index contributed by atoms with van der Waals surface area (Å²) >= 11 is 0. The molecule has 0 unspecified atom stereocenters. The van der Waals surface area contributed by atoms with Crippen LogP contribution in [0.4, 0.5) is 0 Å². The number of aliphatic hydroxyl groups is 1.